The van der Waals surface area contributed by atoms with Gasteiger partial charge in [-0.25, -0.2) is 4.98 Å². The van der Waals surface area contributed by atoms with Crippen LogP contribution >= 0.6 is 0 Å². The fourth-order valence-corrected chi connectivity index (χ4v) is 3.23. The quantitative estimate of drug-likeness (QED) is 0.731. The lowest BCUT2D eigenvalue weighted by atomic mass is 10.1. The van der Waals surface area contributed by atoms with Crippen LogP contribution < -0.4 is 0 Å². The fourth-order valence-electron chi connectivity index (χ4n) is 3.23. The second-order valence-electron chi connectivity index (χ2n) is 5.92. The molecule has 0 radical (unpaired) electrons. The predicted molar refractivity (Wildman–Crippen MR) is 88.0 cm³/mol. The summed E-state index contributed by atoms with van der Waals surface area (Å²) >= 11 is 0. The van der Waals surface area contributed by atoms with Gasteiger partial charge in [-0.1, -0.05) is 42.5 Å². The number of aromatic nitrogens is 2. The Morgan fingerprint density at radius 3 is 2.68 bits per heavy atom. The summed E-state index contributed by atoms with van der Waals surface area (Å²) in [6.07, 6.45) is 3.51. The first-order chi connectivity index (χ1) is 10.9. The molecule has 0 N–H and O–H groups in total. The maximum absolute atomic E-state index is 5.83. The molecule has 0 bridgehead atoms. The lowest BCUT2D eigenvalue weighted by Gasteiger charge is -2.14. The van der Waals surface area contributed by atoms with Crippen LogP contribution in [0, 0.1) is 0 Å². The van der Waals surface area contributed by atoms with Gasteiger partial charge in [-0.05, 0) is 30.5 Å². The molecule has 1 aliphatic rings. The van der Waals surface area contributed by atoms with E-state index in [1.165, 1.54) is 17.5 Å². The van der Waals surface area contributed by atoms with Gasteiger partial charge >= 0.3 is 0 Å². The van der Waals surface area contributed by atoms with Crippen molar-refractivity contribution in [1.82, 2.24) is 9.55 Å². The minimum Gasteiger partial charge on any atom is -0.376 e. The van der Waals surface area contributed by atoms with Gasteiger partial charge in [-0.15, -0.1) is 0 Å². The molecule has 1 aliphatic heterocycles. The van der Waals surface area contributed by atoms with E-state index in [2.05, 4.69) is 59.2 Å². The topological polar surface area (TPSA) is 27.1 Å². The zero-order chi connectivity index (χ0) is 14.8. The minimum absolute atomic E-state index is 0.326. The maximum atomic E-state index is 5.83. The van der Waals surface area contributed by atoms with Crippen molar-refractivity contribution in [3.63, 3.8) is 0 Å². The van der Waals surface area contributed by atoms with Crippen molar-refractivity contribution in [3.05, 3.63) is 66.0 Å². The van der Waals surface area contributed by atoms with E-state index in [0.717, 1.165) is 37.3 Å². The highest BCUT2D eigenvalue weighted by Gasteiger charge is 2.19. The molecule has 3 aromatic rings. The number of ether oxygens (including phenoxy) is 1. The molecular weight excluding hydrogens is 272 g/mol. The van der Waals surface area contributed by atoms with Gasteiger partial charge in [0.2, 0.25) is 0 Å². The number of nitrogens with zero attached hydrogens (tertiary/aromatic N) is 2. The number of para-hydroxylation sites is 2. The number of benzene rings is 2. The van der Waals surface area contributed by atoms with Gasteiger partial charge in [0.1, 0.15) is 5.82 Å². The number of hydrogen-bond donors (Lipinski definition) is 0. The molecule has 4 rings (SSSR count). The van der Waals surface area contributed by atoms with Crippen molar-refractivity contribution >= 4 is 11.0 Å². The molecule has 22 heavy (non-hydrogen) atoms. The molecule has 1 atom stereocenters. The molecule has 0 amide bonds. The second-order valence-corrected chi connectivity index (χ2v) is 5.92. The molecule has 0 saturated carbocycles. The Kier molecular flexibility index (Phi) is 3.65. The van der Waals surface area contributed by atoms with Gasteiger partial charge in [0, 0.05) is 13.0 Å². The largest absolute Gasteiger partial charge is 0.376 e. The maximum Gasteiger partial charge on any atom is 0.114 e. The average Bonchev–Trinajstić information content (AvgIpc) is 3.18. The normalized spacial score (nSPS) is 18.1. The first kappa shape index (κ1) is 13.5. The summed E-state index contributed by atoms with van der Waals surface area (Å²) < 4.78 is 8.18. The van der Waals surface area contributed by atoms with Crippen LogP contribution in [0.3, 0.4) is 0 Å². The Morgan fingerprint density at radius 1 is 1.05 bits per heavy atom. The van der Waals surface area contributed by atoms with E-state index in [0.29, 0.717) is 6.10 Å². The van der Waals surface area contributed by atoms with E-state index >= 15 is 0 Å². The zero-order valence-electron chi connectivity index (χ0n) is 12.6. The van der Waals surface area contributed by atoms with Gasteiger partial charge in [-0.3, -0.25) is 0 Å². The first-order valence-electron chi connectivity index (χ1n) is 8.00. The average molecular weight is 292 g/mol. The molecule has 2 aromatic carbocycles. The highest BCUT2D eigenvalue weighted by Crippen LogP contribution is 2.22. The number of fused-ring (bicyclic) bond motifs is 1. The Hall–Kier alpha value is -2.13. The van der Waals surface area contributed by atoms with Gasteiger partial charge in [0.25, 0.3) is 0 Å². The summed E-state index contributed by atoms with van der Waals surface area (Å²) in [6.45, 7) is 1.80. The van der Waals surface area contributed by atoms with Crippen molar-refractivity contribution in [3.8, 4) is 0 Å². The third kappa shape index (κ3) is 2.64. The monoisotopic (exact) mass is 292 g/mol. The first-order valence-corrected chi connectivity index (χ1v) is 8.00. The molecule has 0 spiro atoms. The van der Waals surface area contributed by atoms with E-state index in [9.17, 15) is 0 Å². The Bertz CT molecular complexity index is 757. The van der Waals surface area contributed by atoms with E-state index in [-0.39, 0.29) is 0 Å². The lowest BCUT2D eigenvalue weighted by molar-refractivity contribution is 0.0973. The summed E-state index contributed by atoms with van der Waals surface area (Å²) in [6, 6.07) is 18.9. The molecular formula is C19H20N2O. The molecule has 2 heterocycles. The number of imidazole rings is 1. The van der Waals surface area contributed by atoms with Crippen molar-refractivity contribution < 1.29 is 4.74 Å². The Labute approximate surface area is 130 Å². The molecule has 1 aromatic heterocycles. The Balaban J connectivity index is 1.72. The van der Waals surface area contributed by atoms with E-state index in [1.54, 1.807) is 0 Å². The van der Waals surface area contributed by atoms with Crippen LogP contribution in [-0.4, -0.2) is 22.3 Å². The van der Waals surface area contributed by atoms with Gasteiger partial charge in [0.05, 0.1) is 23.7 Å². The molecule has 0 aliphatic carbocycles. The fraction of sp³-hybridized carbons (Fsp3) is 0.316. The van der Waals surface area contributed by atoms with Crippen LogP contribution in [0.15, 0.2) is 54.6 Å². The SMILES string of the molecule is c1ccc(Cc2nc3ccccc3n2CC2CCCO2)cc1. The molecule has 3 nitrogen and oxygen atoms in total. The van der Waals surface area contributed by atoms with Crippen molar-refractivity contribution in [2.45, 2.75) is 31.9 Å². The summed E-state index contributed by atoms with van der Waals surface area (Å²) in [5.41, 5.74) is 3.58. The number of hydrogen-bond acceptors (Lipinski definition) is 2. The van der Waals surface area contributed by atoms with E-state index in [4.69, 9.17) is 9.72 Å². The third-order valence-corrected chi connectivity index (χ3v) is 4.35. The van der Waals surface area contributed by atoms with Gasteiger partial charge in [0.15, 0.2) is 0 Å². The minimum atomic E-state index is 0.326. The molecule has 1 unspecified atom stereocenters. The lowest BCUT2D eigenvalue weighted by Crippen LogP contribution is -2.17. The Morgan fingerprint density at radius 2 is 1.86 bits per heavy atom. The molecule has 3 heteroatoms. The van der Waals surface area contributed by atoms with Crippen LogP contribution in [0.1, 0.15) is 24.2 Å². The smallest absolute Gasteiger partial charge is 0.114 e. The van der Waals surface area contributed by atoms with Crippen molar-refractivity contribution in [1.29, 1.82) is 0 Å². The highest BCUT2D eigenvalue weighted by atomic mass is 16.5. The second kappa shape index (κ2) is 5.93. The van der Waals surface area contributed by atoms with Crippen LogP contribution in [-0.2, 0) is 17.7 Å². The third-order valence-electron chi connectivity index (χ3n) is 4.35. The molecule has 1 fully saturated rings. The standard InChI is InChI=1S/C19H20N2O/c1-2-7-15(8-3-1)13-19-20-17-10-4-5-11-18(17)21(19)14-16-9-6-12-22-16/h1-5,7-8,10-11,16H,6,9,12-14H2. The molecule has 1 saturated heterocycles. The van der Waals surface area contributed by atoms with Gasteiger partial charge in [-0.2, -0.15) is 0 Å². The van der Waals surface area contributed by atoms with Crippen molar-refractivity contribution in [2.75, 3.05) is 6.61 Å². The highest BCUT2D eigenvalue weighted by molar-refractivity contribution is 5.76. The summed E-state index contributed by atoms with van der Waals surface area (Å²) in [4.78, 5) is 4.86. The van der Waals surface area contributed by atoms with Crippen LogP contribution in [0.5, 0.6) is 0 Å². The zero-order valence-corrected chi connectivity index (χ0v) is 12.6. The van der Waals surface area contributed by atoms with E-state index < -0.39 is 0 Å². The summed E-state index contributed by atoms with van der Waals surface area (Å²) in [5, 5.41) is 0. The number of rotatable bonds is 4. The summed E-state index contributed by atoms with van der Waals surface area (Å²) in [5.74, 6) is 1.13. The van der Waals surface area contributed by atoms with E-state index in [1.807, 2.05) is 0 Å². The van der Waals surface area contributed by atoms with Crippen LogP contribution in [0.25, 0.3) is 11.0 Å². The van der Waals surface area contributed by atoms with Crippen molar-refractivity contribution in [2.24, 2.45) is 0 Å². The molecule has 112 valence electrons. The van der Waals surface area contributed by atoms with Crippen LogP contribution in [0.2, 0.25) is 0 Å². The van der Waals surface area contributed by atoms with Crippen LogP contribution in [0.4, 0.5) is 0 Å². The van der Waals surface area contributed by atoms with Gasteiger partial charge < -0.3 is 9.30 Å². The predicted octanol–water partition coefficient (Wildman–Crippen LogP) is 3.81. The summed E-state index contributed by atoms with van der Waals surface area (Å²) in [7, 11) is 0.